The number of rotatable bonds is 4. The lowest BCUT2D eigenvalue weighted by Crippen LogP contribution is -2.00. The van der Waals surface area contributed by atoms with E-state index < -0.39 is 0 Å². The van der Waals surface area contributed by atoms with Gasteiger partial charge < -0.3 is 8.83 Å². The Morgan fingerprint density at radius 1 is 0.353 bits per heavy atom. The van der Waals surface area contributed by atoms with E-state index in [9.17, 15) is 0 Å². The second-order valence-corrected chi connectivity index (χ2v) is 13.9. The first kappa shape index (κ1) is 28.2. The van der Waals surface area contributed by atoms with E-state index in [1.807, 2.05) is 65.9 Å². The van der Waals surface area contributed by atoms with E-state index >= 15 is 0 Å². The number of hydrogen-bond donors (Lipinski definition) is 0. The summed E-state index contributed by atoms with van der Waals surface area (Å²) in [4.78, 5) is 15.4. The molecule has 0 bridgehead atoms. The fourth-order valence-electron chi connectivity index (χ4n) is 7.32. The summed E-state index contributed by atoms with van der Waals surface area (Å²) in [5.41, 5.74) is 8.41. The predicted molar refractivity (Wildman–Crippen MR) is 209 cm³/mol. The first-order valence-corrected chi connectivity index (χ1v) is 17.7. The van der Waals surface area contributed by atoms with Crippen LogP contribution in [-0.2, 0) is 0 Å². The number of fused-ring (bicyclic) bond motifs is 9. The smallest absolute Gasteiger partial charge is 0.164 e. The van der Waals surface area contributed by atoms with Crippen LogP contribution < -0.4 is 0 Å². The number of furan rings is 2. The van der Waals surface area contributed by atoms with Crippen molar-refractivity contribution in [3.63, 3.8) is 0 Å². The maximum absolute atomic E-state index is 6.27. The Hall–Kier alpha value is -6.63. The van der Waals surface area contributed by atoms with Gasteiger partial charge in [0, 0.05) is 58.4 Å². The van der Waals surface area contributed by atoms with Gasteiger partial charge in [0.15, 0.2) is 17.5 Å². The normalized spacial score (nSPS) is 11.9. The maximum Gasteiger partial charge on any atom is 0.164 e. The van der Waals surface area contributed by atoms with Gasteiger partial charge in [0.2, 0.25) is 0 Å². The van der Waals surface area contributed by atoms with Crippen molar-refractivity contribution in [2.45, 2.75) is 0 Å². The second kappa shape index (κ2) is 10.9. The van der Waals surface area contributed by atoms with Crippen molar-refractivity contribution < 1.29 is 8.83 Å². The Bertz CT molecular complexity index is 3160. The number of aromatic nitrogens is 3. The van der Waals surface area contributed by atoms with E-state index in [0.717, 1.165) is 60.6 Å². The third-order valence-electron chi connectivity index (χ3n) is 9.75. The van der Waals surface area contributed by atoms with E-state index in [1.165, 1.54) is 31.3 Å². The van der Waals surface area contributed by atoms with E-state index in [2.05, 4.69) is 97.1 Å². The molecule has 0 fully saturated rings. The summed E-state index contributed by atoms with van der Waals surface area (Å²) in [5.74, 6) is 1.78. The van der Waals surface area contributed by atoms with Crippen molar-refractivity contribution in [3.05, 3.63) is 152 Å². The SMILES string of the molecule is c1ccc(-c2cccc3sc4ccc(-c5nc(-c6ccc7c(c6)oc6ccccc67)nc(-c6ccc7oc8ccccc8c7c6)n5)cc4c23)cc1. The van der Waals surface area contributed by atoms with Crippen LogP contribution in [0.2, 0.25) is 0 Å². The molecule has 4 aromatic heterocycles. The molecule has 0 aliphatic rings. The quantitative estimate of drug-likeness (QED) is 0.186. The topological polar surface area (TPSA) is 65.0 Å². The van der Waals surface area contributed by atoms with Crippen LogP contribution >= 0.6 is 11.3 Å². The first-order chi connectivity index (χ1) is 25.2. The number of thiophene rings is 1. The third-order valence-corrected chi connectivity index (χ3v) is 10.9. The molecule has 0 saturated carbocycles. The molecule has 0 N–H and O–H groups in total. The Kier molecular flexibility index (Phi) is 6.05. The van der Waals surface area contributed by atoms with E-state index in [1.54, 1.807) is 0 Å². The van der Waals surface area contributed by atoms with Gasteiger partial charge in [-0.3, -0.25) is 0 Å². The van der Waals surface area contributed by atoms with Gasteiger partial charge in [0.25, 0.3) is 0 Å². The lowest BCUT2D eigenvalue weighted by molar-refractivity contribution is 0.668. The van der Waals surface area contributed by atoms with Crippen LogP contribution in [0.25, 0.3) is 109 Å². The molecule has 0 aliphatic heterocycles. The van der Waals surface area contributed by atoms with Crippen LogP contribution in [0.5, 0.6) is 0 Å². The molecule has 0 radical (unpaired) electrons. The number of nitrogens with zero attached hydrogens (tertiary/aromatic N) is 3. The summed E-state index contributed by atoms with van der Waals surface area (Å²) in [7, 11) is 0. The van der Waals surface area contributed by atoms with Gasteiger partial charge in [0.05, 0.1) is 0 Å². The van der Waals surface area contributed by atoms with Gasteiger partial charge in [-0.15, -0.1) is 11.3 Å². The van der Waals surface area contributed by atoms with Crippen LogP contribution in [0.1, 0.15) is 0 Å². The molecule has 4 heterocycles. The van der Waals surface area contributed by atoms with E-state index in [-0.39, 0.29) is 0 Å². The molecule has 51 heavy (non-hydrogen) atoms. The van der Waals surface area contributed by atoms with Gasteiger partial charge in [-0.05, 0) is 77.9 Å². The highest BCUT2D eigenvalue weighted by Crippen LogP contribution is 2.42. The summed E-state index contributed by atoms with van der Waals surface area (Å²) in [6, 6.07) is 52.3. The van der Waals surface area contributed by atoms with Crippen LogP contribution in [0, 0.1) is 0 Å². The number of hydrogen-bond acceptors (Lipinski definition) is 6. The zero-order chi connectivity index (χ0) is 33.5. The number of benzene rings is 7. The predicted octanol–water partition coefficient (Wildman–Crippen LogP) is 12.7. The third kappa shape index (κ3) is 4.50. The molecule has 6 heteroatoms. The highest BCUT2D eigenvalue weighted by Gasteiger charge is 2.18. The second-order valence-electron chi connectivity index (χ2n) is 12.8. The summed E-state index contributed by atoms with van der Waals surface area (Å²) in [6.45, 7) is 0. The standard InChI is InChI=1S/C45H25N3O2S/c1-2-9-26(10-3-1)30-13-8-16-41-42(30)35-24-28(19-22-40(35)51-41)44-46-43(27-18-21-38-34(23-27)32-12-5-7-15-37(32)49-38)47-45(48-44)29-17-20-33-31-11-4-6-14-36(31)50-39(33)25-29/h1-25H. The van der Waals surface area contributed by atoms with Crippen LogP contribution in [-0.4, -0.2) is 15.0 Å². The zero-order valence-corrected chi connectivity index (χ0v) is 27.8. The van der Waals surface area contributed by atoms with Gasteiger partial charge >= 0.3 is 0 Å². The largest absolute Gasteiger partial charge is 0.456 e. The highest BCUT2D eigenvalue weighted by atomic mass is 32.1. The summed E-state index contributed by atoms with van der Waals surface area (Å²) < 4.78 is 14.9. The van der Waals surface area contributed by atoms with Crippen molar-refractivity contribution in [2.75, 3.05) is 0 Å². The van der Waals surface area contributed by atoms with Gasteiger partial charge in [-0.1, -0.05) is 84.9 Å². The Balaban J connectivity index is 1.13. The number of para-hydroxylation sites is 2. The summed E-state index contributed by atoms with van der Waals surface area (Å²) in [5, 5.41) is 6.66. The van der Waals surface area contributed by atoms with Crippen LogP contribution in [0.4, 0.5) is 0 Å². The maximum atomic E-state index is 6.27. The van der Waals surface area contributed by atoms with Crippen molar-refractivity contribution in [3.8, 4) is 45.3 Å². The molecule has 0 unspecified atom stereocenters. The van der Waals surface area contributed by atoms with E-state index in [0.29, 0.717) is 17.5 Å². The molecule has 7 aromatic carbocycles. The summed E-state index contributed by atoms with van der Waals surface area (Å²) in [6.07, 6.45) is 0. The minimum Gasteiger partial charge on any atom is -0.456 e. The van der Waals surface area contributed by atoms with Crippen molar-refractivity contribution >= 4 is 75.4 Å². The molecule has 5 nitrogen and oxygen atoms in total. The van der Waals surface area contributed by atoms with Crippen molar-refractivity contribution in [2.24, 2.45) is 0 Å². The molecule has 0 aliphatic carbocycles. The Morgan fingerprint density at radius 3 is 1.69 bits per heavy atom. The lowest BCUT2D eigenvalue weighted by atomic mass is 9.99. The zero-order valence-electron chi connectivity index (χ0n) is 27.0. The van der Waals surface area contributed by atoms with Gasteiger partial charge in [0.1, 0.15) is 22.3 Å². The van der Waals surface area contributed by atoms with Gasteiger partial charge in [-0.2, -0.15) is 0 Å². The lowest BCUT2D eigenvalue weighted by Gasteiger charge is -2.09. The molecule has 0 atom stereocenters. The average Bonchev–Trinajstić information content (AvgIpc) is 3.88. The van der Waals surface area contributed by atoms with Crippen LogP contribution in [0.15, 0.2) is 160 Å². The molecular weight excluding hydrogens is 647 g/mol. The van der Waals surface area contributed by atoms with Crippen molar-refractivity contribution in [1.82, 2.24) is 15.0 Å². The molecule has 11 rings (SSSR count). The Morgan fingerprint density at radius 2 is 0.922 bits per heavy atom. The molecular formula is C45H25N3O2S. The monoisotopic (exact) mass is 671 g/mol. The van der Waals surface area contributed by atoms with Crippen molar-refractivity contribution in [1.29, 1.82) is 0 Å². The minimum absolute atomic E-state index is 0.578. The molecule has 0 saturated heterocycles. The average molecular weight is 672 g/mol. The van der Waals surface area contributed by atoms with Crippen LogP contribution in [0.3, 0.4) is 0 Å². The molecule has 0 spiro atoms. The molecule has 238 valence electrons. The fourth-order valence-corrected chi connectivity index (χ4v) is 8.43. The van der Waals surface area contributed by atoms with Gasteiger partial charge in [-0.25, -0.2) is 15.0 Å². The fraction of sp³-hybridized carbons (Fsp3) is 0. The highest BCUT2D eigenvalue weighted by molar-refractivity contribution is 7.26. The first-order valence-electron chi connectivity index (χ1n) is 16.8. The molecule has 11 aromatic rings. The summed E-state index contributed by atoms with van der Waals surface area (Å²) >= 11 is 1.81. The molecule has 0 amide bonds. The Labute approximate surface area is 295 Å². The minimum atomic E-state index is 0.578. The van der Waals surface area contributed by atoms with E-state index in [4.69, 9.17) is 23.8 Å².